The van der Waals surface area contributed by atoms with Crippen LogP contribution in [0.25, 0.3) is 0 Å². The molecule has 2 aromatic carbocycles. The van der Waals surface area contributed by atoms with Crippen molar-refractivity contribution in [1.29, 1.82) is 0 Å². The molecule has 1 N–H and O–H groups in total. The Bertz CT molecular complexity index is 638. The molecular formula is C15H13Cl2NO. The number of hydrogen-bond acceptors (Lipinski definition) is 1. The molecule has 0 heterocycles. The Balaban J connectivity index is 2.25. The maximum absolute atomic E-state index is 12.2. The molecule has 1 amide bonds. The van der Waals surface area contributed by atoms with Crippen LogP contribution in [0.3, 0.4) is 0 Å². The molecule has 0 aliphatic rings. The van der Waals surface area contributed by atoms with Crippen molar-refractivity contribution in [1.82, 2.24) is 0 Å². The highest BCUT2D eigenvalue weighted by molar-refractivity contribution is 6.36. The topological polar surface area (TPSA) is 29.1 Å². The second kappa shape index (κ2) is 5.64. The first-order chi connectivity index (χ1) is 8.97. The Morgan fingerprint density at radius 2 is 1.79 bits per heavy atom. The van der Waals surface area contributed by atoms with Crippen molar-refractivity contribution in [3.8, 4) is 0 Å². The van der Waals surface area contributed by atoms with E-state index in [-0.39, 0.29) is 5.91 Å². The number of halogens is 2. The number of hydrogen-bond donors (Lipinski definition) is 1. The third-order valence-electron chi connectivity index (χ3n) is 2.81. The first-order valence-electron chi connectivity index (χ1n) is 5.81. The number of aryl methyl sites for hydroxylation is 2. The summed E-state index contributed by atoms with van der Waals surface area (Å²) in [6, 6.07) is 10.7. The van der Waals surface area contributed by atoms with E-state index in [4.69, 9.17) is 23.2 Å². The van der Waals surface area contributed by atoms with Gasteiger partial charge in [-0.3, -0.25) is 4.79 Å². The first-order valence-corrected chi connectivity index (χ1v) is 6.56. The van der Waals surface area contributed by atoms with Crippen molar-refractivity contribution in [3.63, 3.8) is 0 Å². The van der Waals surface area contributed by atoms with Crippen LogP contribution in [0.5, 0.6) is 0 Å². The number of carbonyl (C=O) groups is 1. The van der Waals surface area contributed by atoms with Crippen LogP contribution in [0.15, 0.2) is 36.4 Å². The minimum Gasteiger partial charge on any atom is -0.321 e. The summed E-state index contributed by atoms with van der Waals surface area (Å²) in [5.41, 5.74) is 3.24. The number of amides is 1. The summed E-state index contributed by atoms with van der Waals surface area (Å²) in [4.78, 5) is 12.2. The van der Waals surface area contributed by atoms with E-state index < -0.39 is 0 Å². The highest BCUT2D eigenvalue weighted by Gasteiger charge is 2.11. The first kappa shape index (κ1) is 13.9. The lowest BCUT2D eigenvalue weighted by molar-refractivity contribution is 0.102. The summed E-state index contributed by atoms with van der Waals surface area (Å²) in [6.45, 7) is 3.90. The zero-order valence-electron chi connectivity index (χ0n) is 10.6. The van der Waals surface area contributed by atoms with Gasteiger partial charge in [0.25, 0.3) is 5.91 Å². The number of rotatable bonds is 2. The van der Waals surface area contributed by atoms with Crippen molar-refractivity contribution < 1.29 is 4.79 Å². The fraction of sp³-hybridized carbons (Fsp3) is 0.133. The third kappa shape index (κ3) is 3.28. The van der Waals surface area contributed by atoms with E-state index in [1.165, 1.54) is 0 Å². The molecule has 2 aromatic rings. The van der Waals surface area contributed by atoms with Gasteiger partial charge in [-0.15, -0.1) is 0 Å². The SMILES string of the molecule is Cc1ccc(C(=O)Nc2ccc(Cl)cc2Cl)c(C)c1. The minimum absolute atomic E-state index is 0.179. The molecule has 0 radical (unpaired) electrons. The lowest BCUT2D eigenvalue weighted by atomic mass is 10.1. The average molecular weight is 294 g/mol. The van der Waals surface area contributed by atoms with Crippen molar-refractivity contribution >= 4 is 34.8 Å². The van der Waals surface area contributed by atoms with Crippen LogP contribution in [0.1, 0.15) is 21.5 Å². The molecule has 2 nitrogen and oxygen atoms in total. The van der Waals surface area contributed by atoms with E-state index in [0.29, 0.717) is 21.3 Å². The van der Waals surface area contributed by atoms with Crippen molar-refractivity contribution in [2.24, 2.45) is 0 Å². The summed E-state index contributed by atoms with van der Waals surface area (Å²) < 4.78 is 0. The molecule has 0 unspecified atom stereocenters. The van der Waals surface area contributed by atoms with Gasteiger partial charge in [0.15, 0.2) is 0 Å². The molecule has 4 heteroatoms. The molecule has 2 rings (SSSR count). The van der Waals surface area contributed by atoms with Gasteiger partial charge in [0.1, 0.15) is 0 Å². The molecule has 0 spiro atoms. The summed E-state index contributed by atoms with van der Waals surface area (Å²) >= 11 is 11.8. The predicted molar refractivity (Wildman–Crippen MR) is 80.3 cm³/mol. The standard InChI is InChI=1S/C15H13Cl2NO/c1-9-3-5-12(10(2)7-9)15(19)18-14-6-4-11(16)8-13(14)17/h3-8H,1-2H3,(H,18,19). The Morgan fingerprint density at radius 3 is 2.42 bits per heavy atom. The fourth-order valence-corrected chi connectivity index (χ4v) is 2.30. The molecule has 0 saturated heterocycles. The molecular weight excluding hydrogens is 281 g/mol. The summed E-state index contributed by atoms with van der Waals surface area (Å²) in [6.07, 6.45) is 0. The minimum atomic E-state index is -0.179. The summed E-state index contributed by atoms with van der Waals surface area (Å²) in [5, 5.41) is 3.74. The number of benzene rings is 2. The monoisotopic (exact) mass is 293 g/mol. The largest absolute Gasteiger partial charge is 0.321 e. The van der Waals surface area contributed by atoms with Gasteiger partial charge < -0.3 is 5.32 Å². The predicted octanol–water partition coefficient (Wildman–Crippen LogP) is 4.86. The lowest BCUT2D eigenvalue weighted by Crippen LogP contribution is -2.13. The van der Waals surface area contributed by atoms with Crippen molar-refractivity contribution in [3.05, 3.63) is 63.1 Å². The van der Waals surface area contributed by atoms with Gasteiger partial charge in [-0.25, -0.2) is 0 Å². The van der Waals surface area contributed by atoms with E-state index in [1.807, 2.05) is 32.0 Å². The van der Waals surface area contributed by atoms with E-state index >= 15 is 0 Å². The smallest absolute Gasteiger partial charge is 0.255 e. The molecule has 0 bridgehead atoms. The van der Waals surface area contributed by atoms with Gasteiger partial charge >= 0.3 is 0 Å². The number of nitrogens with one attached hydrogen (secondary N) is 1. The van der Waals surface area contributed by atoms with Crippen LogP contribution in [0.2, 0.25) is 10.0 Å². The molecule has 0 aliphatic carbocycles. The Kier molecular flexibility index (Phi) is 4.13. The zero-order valence-corrected chi connectivity index (χ0v) is 12.1. The molecule has 0 fully saturated rings. The average Bonchev–Trinajstić information content (AvgIpc) is 2.32. The van der Waals surface area contributed by atoms with Crippen molar-refractivity contribution in [2.75, 3.05) is 5.32 Å². The summed E-state index contributed by atoms with van der Waals surface area (Å²) in [5.74, 6) is -0.179. The highest BCUT2D eigenvalue weighted by Crippen LogP contribution is 2.26. The van der Waals surface area contributed by atoms with E-state index in [0.717, 1.165) is 11.1 Å². The van der Waals surface area contributed by atoms with Crippen LogP contribution in [0, 0.1) is 13.8 Å². The van der Waals surface area contributed by atoms with Gasteiger partial charge in [0.05, 0.1) is 10.7 Å². The van der Waals surface area contributed by atoms with Crippen molar-refractivity contribution in [2.45, 2.75) is 13.8 Å². The molecule has 0 aromatic heterocycles. The highest BCUT2D eigenvalue weighted by atomic mass is 35.5. The van der Waals surface area contributed by atoms with Crippen LogP contribution in [-0.4, -0.2) is 5.91 Å². The van der Waals surface area contributed by atoms with Gasteiger partial charge in [-0.05, 0) is 43.7 Å². The lowest BCUT2D eigenvalue weighted by Gasteiger charge is -2.10. The van der Waals surface area contributed by atoms with E-state index in [1.54, 1.807) is 18.2 Å². The Hall–Kier alpha value is -1.51. The number of carbonyl (C=O) groups excluding carboxylic acids is 1. The normalized spacial score (nSPS) is 10.3. The van der Waals surface area contributed by atoms with Crippen LogP contribution >= 0.6 is 23.2 Å². The summed E-state index contributed by atoms with van der Waals surface area (Å²) in [7, 11) is 0. The van der Waals surface area contributed by atoms with Gasteiger partial charge in [0.2, 0.25) is 0 Å². The van der Waals surface area contributed by atoms with Gasteiger partial charge in [-0.2, -0.15) is 0 Å². The second-order valence-electron chi connectivity index (χ2n) is 4.40. The Labute approximate surface area is 122 Å². The van der Waals surface area contributed by atoms with Crippen LogP contribution in [0.4, 0.5) is 5.69 Å². The quantitative estimate of drug-likeness (QED) is 0.841. The maximum atomic E-state index is 12.2. The van der Waals surface area contributed by atoms with Gasteiger partial charge in [0, 0.05) is 10.6 Å². The van der Waals surface area contributed by atoms with E-state index in [2.05, 4.69) is 5.32 Å². The fourth-order valence-electron chi connectivity index (χ4n) is 1.85. The van der Waals surface area contributed by atoms with Crippen LogP contribution < -0.4 is 5.32 Å². The molecule has 19 heavy (non-hydrogen) atoms. The molecule has 98 valence electrons. The van der Waals surface area contributed by atoms with Crippen LogP contribution in [-0.2, 0) is 0 Å². The molecule has 0 aliphatic heterocycles. The zero-order chi connectivity index (χ0) is 14.0. The second-order valence-corrected chi connectivity index (χ2v) is 5.24. The van der Waals surface area contributed by atoms with Gasteiger partial charge in [-0.1, -0.05) is 40.9 Å². The molecule has 0 atom stereocenters. The maximum Gasteiger partial charge on any atom is 0.255 e. The molecule has 0 saturated carbocycles. The Morgan fingerprint density at radius 1 is 1.05 bits per heavy atom. The van der Waals surface area contributed by atoms with E-state index in [9.17, 15) is 4.79 Å². The third-order valence-corrected chi connectivity index (χ3v) is 3.35. The number of anilines is 1.